The third-order valence-electron chi connectivity index (χ3n) is 4.16. The van der Waals surface area contributed by atoms with Gasteiger partial charge in [0, 0.05) is 18.5 Å². The molecule has 0 atom stereocenters. The molecule has 0 aliphatic carbocycles. The average Bonchev–Trinajstić information content (AvgIpc) is 2.47. The van der Waals surface area contributed by atoms with E-state index in [0.717, 1.165) is 56.3 Å². The second-order valence-electron chi connectivity index (χ2n) is 6.62. The molecule has 0 aromatic rings. The summed E-state index contributed by atoms with van der Waals surface area (Å²) >= 11 is 0. The van der Waals surface area contributed by atoms with Crippen LogP contribution in [0.25, 0.3) is 0 Å². The van der Waals surface area contributed by atoms with E-state index < -0.39 is 10.1 Å². The molecule has 0 aromatic carbocycles. The first-order valence-corrected chi connectivity index (χ1v) is 10.5. The minimum atomic E-state index is -3.87. The quantitative estimate of drug-likeness (QED) is 0.215. The lowest BCUT2D eigenvalue weighted by atomic mass is 10.2. The Morgan fingerprint density at radius 1 is 1.04 bits per heavy atom. The molecule has 0 bridgehead atoms. The summed E-state index contributed by atoms with van der Waals surface area (Å²) in [5, 5.41) is 2.87. The van der Waals surface area contributed by atoms with Gasteiger partial charge in [0.1, 0.15) is 0 Å². The predicted octanol–water partition coefficient (Wildman–Crippen LogP) is 2.37. The minimum absolute atomic E-state index is 0.104. The van der Waals surface area contributed by atoms with E-state index in [-0.39, 0.29) is 11.7 Å². The predicted molar refractivity (Wildman–Crippen MR) is 98.4 cm³/mol. The maximum Gasteiger partial charge on any atom is 0.264 e. The highest BCUT2D eigenvalue weighted by Gasteiger charge is 2.25. The molecule has 0 heterocycles. The summed E-state index contributed by atoms with van der Waals surface area (Å²) in [5.74, 6) is -0.271. The normalized spacial score (nSPS) is 12.2. The molecule has 0 aromatic heterocycles. The molecule has 0 radical (unpaired) electrons. The van der Waals surface area contributed by atoms with Gasteiger partial charge < -0.3 is 9.80 Å². The van der Waals surface area contributed by atoms with Crippen LogP contribution in [0.5, 0.6) is 0 Å². The van der Waals surface area contributed by atoms with E-state index in [1.54, 1.807) is 6.92 Å². The fourth-order valence-corrected chi connectivity index (χ4v) is 3.69. The average molecular weight is 364 g/mol. The molecule has 0 saturated carbocycles. The van der Waals surface area contributed by atoms with Gasteiger partial charge in [0.05, 0.1) is 31.9 Å². The van der Waals surface area contributed by atoms with Gasteiger partial charge in [-0.25, -0.2) is 0 Å². The van der Waals surface area contributed by atoms with Crippen molar-refractivity contribution in [1.82, 2.24) is 5.32 Å². The maximum atomic E-state index is 11.5. The molecule has 0 aliphatic rings. The Morgan fingerprint density at radius 3 is 2.04 bits per heavy atom. The van der Waals surface area contributed by atoms with E-state index in [1.165, 1.54) is 0 Å². The zero-order valence-electron chi connectivity index (χ0n) is 15.5. The van der Waals surface area contributed by atoms with Gasteiger partial charge in [-0.2, -0.15) is 8.42 Å². The SMILES string of the molecule is C=C(C)C(=O)NCCC[N+](CCC)(CCC)CCCCS(=O)(=O)O. The van der Waals surface area contributed by atoms with Crippen LogP contribution in [-0.2, 0) is 14.9 Å². The second kappa shape index (κ2) is 11.6. The summed E-state index contributed by atoms with van der Waals surface area (Å²) in [7, 11) is -3.87. The molecule has 7 heteroatoms. The first-order chi connectivity index (χ1) is 11.2. The summed E-state index contributed by atoms with van der Waals surface area (Å²) in [5.41, 5.74) is 0.517. The van der Waals surface area contributed by atoms with E-state index in [1.807, 2.05) is 0 Å². The van der Waals surface area contributed by atoms with Gasteiger partial charge >= 0.3 is 0 Å². The Morgan fingerprint density at radius 2 is 1.58 bits per heavy atom. The van der Waals surface area contributed by atoms with Gasteiger partial charge in [-0.1, -0.05) is 20.4 Å². The lowest BCUT2D eigenvalue weighted by molar-refractivity contribution is -0.928. The van der Waals surface area contributed by atoms with Crippen molar-refractivity contribution in [1.29, 1.82) is 0 Å². The summed E-state index contributed by atoms with van der Waals surface area (Å²) in [4.78, 5) is 11.5. The molecule has 0 spiro atoms. The summed E-state index contributed by atoms with van der Waals surface area (Å²) in [6.07, 6.45) is 4.28. The molecule has 6 nitrogen and oxygen atoms in total. The molecular formula is C17H35N2O4S+. The molecule has 1 amide bonds. The Hall–Kier alpha value is -0.920. The van der Waals surface area contributed by atoms with Crippen molar-refractivity contribution in [2.24, 2.45) is 0 Å². The van der Waals surface area contributed by atoms with Crippen LogP contribution in [0.15, 0.2) is 12.2 Å². The number of quaternary nitrogens is 1. The first kappa shape index (κ1) is 23.1. The van der Waals surface area contributed by atoms with Gasteiger partial charge in [-0.05, 0) is 32.6 Å². The van der Waals surface area contributed by atoms with Crippen LogP contribution in [0, 0.1) is 0 Å². The second-order valence-corrected chi connectivity index (χ2v) is 8.19. The van der Waals surface area contributed by atoms with Crippen molar-refractivity contribution in [2.75, 3.05) is 38.5 Å². The lowest BCUT2D eigenvalue weighted by Gasteiger charge is -2.39. The first-order valence-electron chi connectivity index (χ1n) is 8.89. The number of carbonyl (C=O) groups excluding carboxylic acids is 1. The number of nitrogens with one attached hydrogen (secondary N) is 1. The van der Waals surface area contributed by atoms with E-state index in [4.69, 9.17) is 4.55 Å². The Balaban J connectivity index is 4.52. The van der Waals surface area contributed by atoms with Crippen molar-refractivity contribution in [3.63, 3.8) is 0 Å². The van der Waals surface area contributed by atoms with E-state index in [0.29, 0.717) is 18.5 Å². The third kappa shape index (κ3) is 10.8. The van der Waals surface area contributed by atoms with Crippen molar-refractivity contribution < 1.29 is 22.2 Å². The number of carbonyl (C=O) groups is 1. The standard InChI is InChI=1S/C17H34N2O4S/c1-5-11-19(12-6-2,13-7-8-15-24(21,22)23)14-9-10-18-17(20)16(3)4/h3,5-15H2,1-2,4H3,(H-,18,20,21,22,23)/p+1. The molecule has 2 N–H and O–H groups in total. The Bertz CT molecular complexity index is 483. The fourth-order valence-electron chi connectivity index (χ4n) is 3.12. The van der Waals surface area contributed by atoms with Gasteiger partial charge in [-0.3, -0.25) is 9.35 Å². The highest BCUT2D eigenvalue weighted by Crippen LogP contribution is 2.14. The summed E-state index contributed by atoms with van der Waals surface area (Å²) in [6, 6.07) is 0. The molecular weight excluding hydrogens is 328 g/mol. The zero-order chi connectivity index (χ0) is 18.6. The molecule has 0 fully saturated rings. The van der Waals surface area contributed by atoms with Crippen molar-refractivity contribution in [3.8, 4) is 0 Å². The molecule has 0 aliphatic heterocycles. The van der Waals surface area contributed by atoms with Crippen molar-refractivity contribution >= 4 is 16.0 Å². The largest absolute Gasteiger partial charge is 0.352 e. The summed E-state index contributed by atoms with van der Waals surface area (Å²) < 4.78 is 31.5. The zero-order valence-corrected chi connectivity index (χ0v) is 16.3. The molecule has 0 saturated heterocycles. The summed E-state index contributed by atoms with van der Waals surface area (Å²) in [6.45, 7) is 14.2. The van der Waals surface area contributed by atoms with Crippen LogP contribution in [-0.4, -0.2) is 61.8 Å². The van der Waals surface area contributed by atoms with Crippen LogP contribution in [0.3, 0.4) is 0 Å². The van der Waals surface area contributed by atoms with E-state index in [9.17, 15) is 13.2 Å². The maximum absolute atomic E-state index is 11.5. The van der Waals surface area contributed by atoms with Crippen LogP contribution in [0.1, 0.15) is 52.9 Å². The number of hydrogen-bond donors (Lipinski definition) is 2. The minimum Gasteiger partial charge on any atom is -0.352 e. The van der Waals surface area contributed by atoms with Crippen LogP contribution < -0.4 is 5.32 Å². The number of rotatable bonds is 14. The number of unbranched alkanes of at least 4 members (excludes halogenated alkanes) is 1. The number of hydrogen-bond acceptors (Lipinski definition) is 3. The Kier molecular flexibility index (Phi) is 11.2. The van der Waals surface area contributed by atoms with Gasteiger partial charge in [-0.15, -0.1) is 0 Å². The van der Waals surface area contributed by atoms with E-state index >= 15 is 0 Å². The monoisotopic (exact) mass is 363 g/mol. The topological polar surface area (TPSA) is 83.5 Å². The van der Waals surface area contributed by atoms with Gasteiger partial charge in [0.2, 0.25) is 5.91 Å². The molecule has 0 unspecified atom stereocenters. The fraction of sp³-hybridized carbons (Fsp3) is 0.824. The van der Waals surface area contributed by atoms with Gasteiger partial charge in [0.15, 0.2) is 0 Å². The van der Waals surface area contributed by atoms with Crippen LogP contribution in [0.4, 0.5) is 0 Å². The molecule has 0 rings (SSSR count). The van der Waals surface area contributed by atoms with Crippen LogP contribution in [0.2, 0.25) is 0 Å². The van der Waals surface area contributed by atoms with Crippen molar-refractivity contribution in [2.45, 2.75) is 52.9 Å². The Labute approximate surface area is 147 Å². The number of amides is 1. The van der Waals surface area contributed by atoms with Crippen LogP contribution >= 0.6 is 0 Å². The highest BCUT2D eigenvalue weighted by atomic mass is 32.2. The highest BCUT2D eigenvalue weighted by molar-refractivity contribution is 7.85. The molecule has 24 heavy (non-hydrogen) atoms. The number of nitrogens with zero attached hydrogens (tertiary/aromatic N) is 1. The van der Waals surface area contributed by atoms with E-state index in [2.05, 4.69) is 25.7 Å². The smallest absolute Gasteiger partial charge is 0.264 e. The van der Waals surface area contributed by atoms with Gasteiger partial charge in [0.25, 0.3) is 10.1 Å². The lowest BCUT2D eigenvalue weighted by Crippen LogP contribution is -2.51. The third-order valence-corrected chi connectivity index (χ3v) is 4.97. The van der Waals surface area contributed by atoms with Crippen molar-refractivity contribution in [3.05, 3.63) is 12.2 Å². The molecule has 142 valence electrons.